The third-order valence-corrected chi connectivity index (χ3v) is 3.15. The van der Waals surface area contributed by atoms with Crippen molar-refractivity contribution in [2.45, 2.75) is 13.2 Å². The average Bonchev–Trinajstić information content (AvgIpc) is 2.58. The number of carbonyl (C=O) groups excluding carboxylic acids is 1. The van der Waals surface area contributed by atoms with E-state index >= 15 is 0 Å². The van der Waals surface area contributed by atoms with E-state index < -0.39 is 6.09 Å². The number of hydrogen-bond acceptors (Lipinski definition) is 3. The predicted octanol–water partition coefficient (Wildman–Crippen LogP) is 3.08. The average molecular weight is 296 g/mol. The zero-order chi connectivity index (χ0) is 15.6. The molecule has 3 N–H and O–H groups in total. The van der Waals surface area contributed by atoms with Gasteiger partial charge < -0.3 is 15.8 Å². The van der Waals surface area contributed by atoms with E-state index in [0.29, 0.717) is 13.1 Å². The highest BCUT2D eigenvalue weighted by atomic mass is 16.5. The van der Waals surface area contributed by atoms with E-state index in [2.05, 4.69) is 5.32 Å². The highest BCUT2D eigenvalue weighted by molar-refractivity contribution is 5.67. The summed E-state index contributed by atoms with van der Waals surface area (Å²) in [5.74, 6) is 0. The first-order valence-corrected chi connectivity index (χ1v) is 7.18. The molecule has 2 aromatic rings. The monoisotopic (exact) mass is 296 g/mol. The van der Waals surface area contributed by atoms with Crippen LogP contribution in [0.2, 0.25) is 0 Å². The Hall–Kier alpha value is -2.59. The molecule has 2 aromatic carbocycles. The summed E-state index contributed by atoms with van der Waals surface area (Å²) in [5, 5.41) is 2.68. The van der Waals surface area contributed by atoms with E-state index in [9.17, 15) is 4.79 Å². The van der Waals surface area contributed by atoms with Crippen molar-refractivity contribution in [2.75, 3.05) is 6.54 Å². The van der Waals surface area contributed by atoms with Gasteiger partial charge in [-0.05, 0) is 16.7 Å². The molecule has 22 heavy (non-hydrogen) atoms. The molecule has 0 fully saturated rings. The molecule has 0 aromatic heterocycles. The van der Waals surface area contributed by atoms with E-state index in [0.717, 1.165) is 16.7 Å². The number of rotatable bonds is 6. The normalized spacial score (nSPS) is 10.6. The fourth-order valence-electron chi connectivity index (χ4n) is 1.98. The molecule has 0 saturated heterocycles. The lowest BCUT2D eigenvalue weighted by atomic mass is 10.1. The number of amides is 1. The molecule has 0 radical (unpaired) electrons. The van der Waals surface area contributed by atoms with Crippen molar-refractivity contribution < 1.29 is 9.53 Å². The first kappa shape index (κ1) is 15.8. The van der Waals surface area contributed by atoms with Crippen LogP contribution in [0, 0.1) is 0 Å². The molecular weight excluding hydrogens is 276 g/mol. The van der Waals surface area contributed by atoms with Crippen molar-refractivity contribution in [1.29, 1.82) is 0 Å². The molecule has 0 heterocycles. The Kier molecular flexibility index (Phi) is 6.20. The second kappa shape index (κ2) is 8.64. The van der Waals surface area contributed by atoms with Crippen LogP contribution in [-0.4, -0.2) is 12.6 Å². The smallest absolute Gasteiger partial charge is 0.407 e. The summed E-state index contributed by atoms with van der Waals surface area (Å²) < 4.78 is 5.12. The number of ether oxygens (including phenoxy) is 1. The number of alkyl carbamates (subject to hydrolysis) is 1. The molecule has 1 amide bonds. The second-order valence-electron chi connectivity index (χ2n) is 4.75. The van der Waals surface area contributed by atoms with Gasteiger partial charge >= 0.3 is 6.09 Å². The summed E-state index contributed by atoms with van der Waals surface area (Å²) in [6.07, 6.45) is 3.39. The highest BCUT2D eigenvalue weighted by Gasteiger charge is 2.00. The van der Waals surface area contributed by atoms with Gasteiger partial charge in [0, 0.05) is 13.1 Å². The van der Waals surface area contributed by atoms with Crippen LogP contribution in [-0.2, 0) is 17.9 Å². The van der Waals surface area contributed by atoms with E-state index in [1.54, 1.807) is 0 Å². The summed E-state index contributed by atoms with van der Waals surface area (Å²) in [6.45, 7) is 1.17. The van der Waals surface area contributed by atoms with E-state index in [4.69, 9.17) is 10.5 Å². The zero-order valence-electron chi connectivity index (χ0n) is 12.4. The number of nitrogens with two attached hydrogens (primary N) is 1. The molecular formula is C18H20N2O2. The van der Waals surface area contributed by atoms with Gasteiger partial charge in [0.2, 0.25) is 0 Å². The molecule has 4 heteroatoms. The van der Waals surface area contributed by atoms with Gasteiger partial charge in [-0.3, -0.25) is 0 Å². The van der Waals surface area contributed by atoms with Crippen molar-refractivity contribution in [1.82, 2.24) is 5.32 Å². The van der Waals surface area contributed by atoms with E-state index in [-0.39, 0.29) is 6.61 Å². The Labute approximate surface area is 130 Å². The van der Waals surface area contributed by atoms with Crippen molar-refractivity contribution in [3.05, 3.63) is 77.4 Å². The first-order valence-electron chi connectivity index (χ1n) is 7.18. The fourth-order valence-corrected chi connectivity index (χ4v) is 1.98. The van der Waals surface area contributed by atoms with Crippen LogP contribution < -0.4 is 11.1 Å². The van der Waals surface area contributed by atoms with Gasteiger partial charge in [0.1, 0.15) is 6.61 Å². The SMILES string of the molecule is NCc1ccccc1C=CCNC(=O)OCc1ccccc1. The Morgan fingerprint density at radius 3 is 2.59 bits per heavy atom. The molecule has 0 spiro atoms. The van der Waals surface area contributed by atoms with Crippen molar-refractivity contribution in [3.8, 4) is 0 Å². The molecule has 0 unspecified atom stereocenters. The minimum Gasteiger partial charge on any atom is -0.445 e. The molecule has 2 rings (SSSR count). The van der Waals surface area contributed by atoms with Crippen molar-refractivity contribution >= 4 is 12.2 Å². The molecule has 4 nitrogen and oxygen atoms in total. The number of benzene rings is 2. The minimum absolute atomic E-state index is 0.270. The van der Waals surface area contributed by atoms with Crippen LogP contribution >= 0.6 is 0 Å². The minimum atomic E-state index is -0.430. The van der Waals surface area contributed by atoms with Gasteiger partial charge in [0.05, 0.1) is 0 Å². The quantitative estimate of drug-likeness (QED) is 0.861. The number of hydrogen-bond donors (Lipinski definition) is 2. The van der Waals surface area contributed by atoms with E-state index in [1.165, 1.54) is 0 Å². The Morgan fingerprint density at radius 1 is 1.09 bits per heavy atom. The van der Waals surface area contributed by atoms with Crippen LogP contribution in [0.25, 0.3) is 6.08 Å². The van der Waals surface area contributed by atoms with Crippen LogP contribution in [0.15, 0.2) is 60.7 Å². The molecule has 0 atom stereocenters. The molecule has 0 aliphatic carbocycles. The van der Waals surface area contributed by atoms with Gasteiger partial charge in [0.25, 0.3) is 0 Å². The second-order valence-corrected chi connectivity index (χ2v) is 4.75. The summed E-state index contributed by atoms with van der Waals surface area (Å²) in [7, 11) is 0. The van der Waals surface area contributed by atoms with Gasteiger partial charge in [-0.25, -0.2) is 4.79 Å². The van der Waals surface area contributed by atoms with Crippen LogP contribution in [0.5, 0.6) is 0 Å². The molecule has 0 bridgehead atoms. The predicted molar refractivity (Wildman–Crippen MR) is 88.0 cm³/mol. The third-order valence-electron chi connectivity index (χ3n) is 3.15. The maximum absolute atomic E-state index is 11.6. The van der Waals surface area contributed by atoms with E-state index in [1.807, 2.05) is 66.7 Å². The largest absolute Gasteiger partial charge is 0.445 e. The van der Waals surface area contributed by atoms with Crippen LogP contribution in [0.1, 0.15) is 16.7 Å². The van der Waals surface area contributed by atoms with Gasteiger partial charge in [0.15, 0.2) is 0 Å². The maximum atomic E-state index is 11.6. The maximum Gasteiger partial charge on any atom is 0.407 e. The van der Waals surface area contributed by atoms with Crippen molar-refractivity contribution in [2.24, 2.45) is 5.73 Å². The molecule has 114 valence electrons. The molecule has 0 saturated carbocycles. The Morgan fingerprint density at radius 2 is 1.82 bits per heavy atom. The summed E-state index contributed by atoms with van der Waals surface area (Å²) in [5.41, 5.74) is 8.77. The van der Waals surface area contributed by atoms with Gasteiger partial charge in [-0.2, -0.15) is 0 Å². The highest BCUT2D eigenvalue weighted by Crippen LogP contribution is 2.09. The number of carbonyl (C=O) groups is 1. The Bertz CT molecular complexity index is 624. The lowest BCUT2D eigenvalue weighted by Gasteiger charge is -2.05. The van der Waals surface area contributed by atoms with Crippen molar-refractivity contribution in [3.63, 3.8) is 0 Å². The van der Waals surface area contributed by atoms with Crippen LogP contribution in [0.4, 0.5) is 4.79 Å². The summed E-state index contributed by atoms with van der Waals surface area (Å²) in [4.78, 5) is 11.6. The summed E-state index contributed by atoms with van der Waals surface area (Å²) in [6, 6.07) is 17.5. The lowest BCUT2D eigenvalue weighted by Crippen LogP contribution is -2.24. The molecule has 0 aliphatic heterocycles. The van der Waals surface area contributed by atoms with Crippen LogP contribution in [0.3, 0.4) is 0 Å². The van der Waals surface area contributed by atoms with Gasteiger partial charge in [-0.1, -0.05) is 66.7 Å². The number of nitrogens with one attached hydrogen (secondary N) is 1. The molecule has 0 aliphatic rings. The third kappa shape index (κ3) is 5.07. The lowest BCUT2D eigenvalue weighted by molar-refractivity contribution is 0.141. The standard InChI is InChI=1S/C18H20N2O2/c19-13-17-10-5-4-9-16(17)11-6-12-20-18(21)22-14-15-7-2-1-3-8-15/h1-11H,12-14,19H2,(H,20,21). The zero-order valence-corrected chi connectivity index (χ0v) is 12.4. The van der Waals surface area contributed by atoms with Gasteiger partial charge in [-0.15, -0.1) is 0 Å². The fraction of sp³-hybridized carbons (Fsp3) is 0.167. The topological polar surface area (TPSA) is 64.3 Å². The first-order chi connectivity index (χ1) is 10.8. The summed E-state index contributed by atoms with van der Waals surface area (Å²) >= 11 is 0. The Balaban J connectivity index is 1.73.